The quantitative estimate of drug-likeness (QED) is 0.772. The van der Waals surface area contributed by atoms with Crippen molar-refractivity contribution in [3.63, 3.8) is 0 Å². The molecular formula is C15H23ClN2O3. The van der Waals surface area contributed by atoms with Crippen molar-refractivity contribution in [1.82, 2.24) is 10.6 Å². The zero-order chi connectivity index (χ0) is 15.8. The normalized spacial score (nSPS) is 10.6. The van der Waals surface area contributed by atoms with Gasteiger partial charge >= 0.3 is 0 Å². The first-order valence-electron chi connectivity index (χ1n) is 6.86. The van der Waals surface area contributed by atoms with Gasteiger partial charge < -0.3 is 20.1 Å². The van der Waals surface area contributed by atoms with E-state index in [1.165, 1.54) is 0 Å². The molecule has 118 valence electrons. The SMILES string of the molecule is COc1ccc(CNCC(=O)NCC(C)C)c(Cl)c1OC. The van der Waals surface area contributed by atoms with Crippen molar-refractivity contribution in [3.8, 4) is 11.5 Å². The molecule has 1 amide bonds. The molecule has 0 bridgehead atoms. The van der Waals surface area contributed by atoms with E-state index in [9.17, 15) is 4.79 Å². The molecule has 21 heavy (non-hydrogen) atoms. The van der Waals surface area contributed by atoms with Crippen molar-refractivity contribution in [2.75, 3.05) is 27.3 Å². The summed E-state index contributed by atoms with van der Waals surface area (Å²) in [6.45, 7) is 5.51. The highest BCUT2D eigenvalue weighted by atomic mass is 35.5. The van der Waals surface area contributed by atoms with Crippen LogP contribution in [0.5, 0.6) is 11.5 Å². The minimum atomic E-state index is -0.0275. The van der Waals surface area contributed by atoms with Crippen molar-refractivity contribution in [3.05, 3.63) is 22.7 Å². The Morgan fingerprint density at radius 1 is 1.29 bits per heavy atom. The molecule has 1 aromatic carbocycles. The van der Waals surface area contributed by atoms with E-state index in [0.717, 1.165) is 5.56 Å². The Bertz CT molecular complexity index is 478. The van der Waals surface area contributed by atoms with E-state index < -0.39 is 0 Å². The van der Waals surface area contributed by atoms with Crippen LogP contribution in [-0.2, 0) is 11.3 Å². The number of nitrogens with one attached hydrogen (secondary N) is 2. The summed E-state index contributed by atoms with van der Waals surface area (Å²) in [7, 11) is 3.10. The Labute approximate surface area is 131 Å². The third kappa shape index (κ3) is 5.44. The molecule has 0 heterocycles. The highest BCUT2D eigenvalue weighted by Gasteiger charge is 2.13. The van der Waals surface area contributed by atoms with E-state index in [-0.39, 0.29) is 12.5 Å². The van der Waals surface area contributed by atoms with Crippen LogP contribution in [0.2, 0.25) is 5.02 Å². The number of amides is 1. The molecule has 1 rings (SSSR count). The molecule has 0 fully saturated rings. The Kier molecular flexibility index (Phi) is 7.32. The second-order valence-corrected chi connectivity index (χ2v) is 5.45. The molecule has 2 N–H and O–H groups in total. The summed E-state index contributed by atoms with van der Waals surface area (Å²) >= 11 is 6.27. The Morgan fingerprint density at radius 3 is 2.57 bits per heavy atom. The van der Waals surface area contributed by atoms with Crippen LogP contribution >= 0.6 is 11.6 Å². The van der Waals surface area contributed by atoms with Crippen molar-refractivity contribution < 1.29 is 14.3 Å². The smallest absolute Gasteiger partial charge is 0.233 e. The number of hydrogen-bond acceptors (Lipinski definition) is 4. The zero-order valence-electron chi connectivity index (χ0n) is 13.0. The minimum absolute atomic E-state index is 0.0275. The van der Waals surface area contributed by atoms with Crippen LogP contribution in [0.15, 0.2) is 12.1 Å². The Morgan fingerprint density at radius 2 is 2.00 bits per heavy atom. The molecule has 0 saturated heterocycles. The first-order chi connectivity index (χ1) is 9.99. The molecule has 5 nitrogen and oxygen atoms in total. The summed E-state index contributed by atoms with van der Waals surface area (Å²) in [5.41, 5.74) is 0.853. The van der Waals surface area contributed by atoms with Gasteiger partial charge in [-0.25, -0.2) is 0 Å². The molecule has 0 aromatic heterocycles. The molecule has 0 unspecified atom stereocenters. The van der Waals surface area contributed by atoms with Gasteiger partial charge in [0.25, 0.3) is 0 Å². The minimum Gasteiger partial charge on any atom is -0.493 e. The van der Waals surface area contributed by atoms with Crippen LogP contribution in [-0.4, -0.2) is 33.2 Å². The van der Waals surface area contributed by atoms with Crippen LogP contribution in [0.4, 0.5) is 0 Å². The summed E-state index contributed by atoms with van der Waals surface area (Å²) in [5, 5.41) is 6.40. The molecule has 0 aliphatic heterocycles. The second-order valence-electron chi connectivity index (χ2n) is 5.08. The van der Waals surface area contributed by atoms with E-state index >= 15 is 0 Å². The first-order valence-corrected chi connectivity index (χ1v) is 7.24. The van der Waals surface area contributed by atoms with Crippen LogP contribution in [0.3, 0.4) is 0 Å². The fourth-order valence-corrected chi connectivity index (χ4v) is 2.06. The highest BCUT2D eigenvalue weighted by molar-refractivity contribution is 6.33. The van der Waals surface area contributed by atoms with Gasteiger partial charge in [-0.1, -0.05) is 31.5 Å². The number of benzene rings is 1. The van der Waals surface area contributed by atoms with Crippen molar-refractivity contribution in [2.24, 2.45) is 5.92 Å². The van der Waals surface area contributed by atoms with Gasteiger partial charge in [0, 0.05) is 13.1 Å². The maximum atomic E-state index is 11.6. The first kappa shape index (κ1) is 17.6. The van der Waals surface area contributed by atoms with Gasteiger partial charge in [0.15, 0.2) is 11.5 Å². The van der Waals surface area contributed by atoms with E-state index in [0.29, 0.717) is 35.5 Å². The molecule has 0 aliphatic rings. The maximum Gasteiger partial charge on any atom is 0.233 e. The number of halogens is 1. The van der Waals surface area contributed by atoms with Crippen LogP contribution in [0.1, 0.15) is 19.4 Å². The lowest BCUT2D eigenvalue weighted by Crippen LogP contribution is -2.35. The molecular weight excluding hydrogens is 292 g/mol. The van der Waals surface area contributed by atoms with E-state index in [2.05, 4.69) is 24.5 Å². The van der Waals surface area contributed by atoms with Crippen LogP contribution in [0.25, 0.3) is 0 Å². The number of hydrogen-bond donors (Lipinski definition) is 2. The van der Waals surface area contributed by atoms with Gasteiger partial charge in [0.05, 0.1) is 25.8 Å². The topological polar surface area (TPSA) is 59.6 Å². The molecule has 0 aliphatic carbocycles. The summed E-state index contributed by atoms with van der Waals surface area (Å²) < 4.78 is 10.4. The fourth-order valence-electron chi connectivity index (χ4n) is 1.76. The number of carbonyl (C=O) groups is 1. The van der Waals surface area contributed by atoms with Gasteiger partial charge in [0.1, 0.15) is 0 Å². The largest absolute Gasteiger partial charge is 0.493 e. The van der Waals surface area contributed by atoms with Crippen molar-refractivity contribution >= 4 is 17.5 Å². The third-order valence-corrected chi connectivity index (χ3v) is 3.29. The standard InChI is InChI=1S/C15H23ClN2O3/c1-10(2)7-18-13(19)9-17-8-11-5-6-12(20-3)15(21-4)14(11)16/h5-6,10,17H,7-9H2,1-4H3,(H,18,19). The molecule has 6 heteroatoms. The lowest BCUT2D eigenvalue weighted by Gasteiger charge is -2.13. The van der Waals surface area contributed by atoms with Gasteiger partial charge in [-0.05, 0) is 17.5 Å². The third-order valence-electron chi connectivity index (χ3n) is 2.87. The maximum absolute atomic E-state index is 11.6. The zero-order valence-corrected chi connectivity index (χ0v) is 13.7. The number of carbonyl (C=O) groups excluding carboxylic acids is 1. The fraction of sp³-hybridized carbons (Fsp3) is 0.533. The van der Waals surface area contributed by atoms with Crippen molar-refractivity contribution in [2.45, 2.75) is 20.4 Å². The highest BCUT2D eigenvalue weighted by Crippen LogP contribution is 2.37. The summed E-state index contributed by atoms with van der Waals surface area (Å²) in [5.74, 6) is 1.50. The summed E-state index contributed by atoms with van der Waals surface area (Å²) in [6, 6.07) is 3.64. The average Bonchev–Trinajstić information content (AvgIpc) is 2.46. The van der Waals surface area contributed by atoms with E-state index in [1.54, 1.807) is 20.3 Å². The monoisotopic (exact) mass is 314 g/mol. The summed E-state index contributed by atoms with van der Waals surface area (Å²) in [6.07, 6.45) is 0. The number of rotatable bonds is 8. The molecule has 0 atom stereocenters. The Hall–Kier alpha value is -1.46. The van der Waals surface area contributed by atoms with Gasteiger partial charge in [-0.2, -0.15) is 0 Å². The predicted octanol–water partition coefficient (Wildman–Crippen LogP) is 2.22. The average molecular weight is 315 g/mol. The van der Waals surface area contributed by atoms with E-state index in [1.807, 2.05) is 6.07 Å². The van der Waals surface area contributed by atoms with Gasteiger partial charge in [0.2, 0.25) is 5.91 Å². The van der Waals surface area contributed by atoms with E-state index in [4.69, 9.17) is 21.1 Å². The predicted molar refractivity (Wildman–Crippen MR) is 84.1 cm³/mol. The lowest BCUT2D eigenvalue weighted by molar-refractivity contribution is -0.120. The molecule has 0 spiro atoms. The van der Waals surface area contributed by atoms with Crippen molar-refractivity contribution in [1.29, 1.82) is 0 Å². The second kappa shape index (κ2) is 8.74. The lowest BCUT2D eigenvalue weighted by atomic mass is 10.2. The van der Waals surface area contributed by atoms with Gasteiger partial charge in [-0.15, -0.1) is 0 Å². The van der Waals surface area contributed by atoms with Crippen LogP contribution in [0, 0.1) is 5.92 Å². The molecule has 1 aromatic rings. The number of ether oxygens (including phenoxy) is 2. The summed E-state index contributed by atoms with van der Waals surface area (Å²) in [4.78, 5) is 11.6. The molecule has 0 radical (unpaired) electrons. The Balaban J connectivity index is 2.54. The van der Waals surface area contributed by atoms with Gasteiger partial charge in [-0.3, -0.25) is 4.79 Å². The van der Waals surface area contributed by atoms with Crippen LogP contribution < -0.4 is 20.1 Å². The molecule has 0 saturated carbocycles. The number of methoxy groups -OCH3 is 2.